The molecule has 0 aliphatic heterocycles. The molecule has 2 N–H and O–H groups in total. The fraction of sp³-hybridized carbons (Fsp3) is 0.192. The van der Waals surface area contributed by atoms with Crippen LogP contribution in [0.4, 0.5) is 5.69 Å². The molecule has 0 atom stereocenters. The van der Waals surface area contributed by atoms with Gasteiger partial charge in [0.15, 0.2) is 0 Å². The van der Waals surface area contributed by atoms with Crippen LogP contribution >= 0.6 is 11.6 Å². The first-order valence-corrected chi connectivity index (χ1v) is 11.2. The third-order valence-electron chi connectivity index (χ3n) is 5.34. The lowest BCUT2D eigenvalue weighted by Gasteiger charge is -2.11. The number of carbonyl (C=O) groups excluding carboxylic acids is 2. The fourth-order valence-corrected chi connectivity index (χ4v) is 3.75. The summed E-state index contributed by atoms with van der Waals surface area (Å²) in [6, 6.07) is 22.3. The second kappa shape index (κ2) is 10.3. The van der Waals surface area contributed by atoms with E-state index in [2.05, 4.69) is 10.6 Å². The highest BCUT2D eigenvalue weighted by Gasteiger charge is 2.14. The normalized spacial score (nSPS) is 10.8. The third-order valence-corrected chi connectivity index (χ3v) is 5.59. The molecule has 0 saturated heterocycles. The van der Waals surface area contributed by atoms with Gasteiger partial charge in [0, 0.05) is 29.2 Å². The molecule has 4 rings (SSSR count). The number of rotatable bonds is 8. The van der Waals surface area contributed by atoms with E-state index in [0.717, 1.165) is 28.1 Å². The minimum absolute atomic E-state index is 0.112. The number of benzene rings is 3. The Labute approximate surface area is 197 Å². The number of para-hydroxylation sites is 2. The van der Waals surface area contributed by atoms with Crippen LogP contribution in [0.15, 0.2) is 72.8 Å². The number of imidazole rings is 1. The summed E-state index contributed by atoms with van der Waals surface area (Å²) in [5.41, 5.74) is 4.23. The van der Waals surface area contributed by atoms with Crippen molar-refractivity contribution in [3.8, 4) is 0 Å². The minimum atomic E-state index is -0.141. The second-order valence-corrected chi connectivity index (χ2v) is 8.32. The number of aromatic nitrogens is 2. The Kier molecular flexibility index (Phi) is 7.05. The molecule has 0 aliphatic carbocycles. The van der Waals surface area contributed by atoms with Gasteiger partial charge in [-0.05, 0) is 61.9 Å². The smallest absolute Gasteiger partial charge is 0.251 e. The summed E-state index contributed by atoms with van der Waals surface area (Å²) in [5.74, 6) is 0.563. The summed E-state index contributed by atoms with van der Waals surface area (Å²) in [6.07, 6.45) is 1.33. The van der Waals surface area contributed by atoms with E-state index < -0.39 is 0 Å². The molecule has 4 aromatic rings. The fourth-order valence-electron chi connectivity index (χ4n) is 3.63. The van der Waals surface area contributed by atoms with Crippen LogP contribution in [-0.4, -0.2) is 27.9 Å². The number of aryl methyl sites for hydroxylation is 2. The topological polar surface area (TPSA) is 76.0 Å². The average Bonchev–Trinajstić information content (AvgIpc) is 3.15. The molecule has 0 saturated carbocycles. The Morgan fingerprint density at radius 1 is 0.970 bits per heavy atom. The maximum Gasteiger partial charge on any atom is 0.251 e. The molecule has 0 bridgehead atoms. The summed E-state index contributed by atoms with van der Waals surface area (Å²) in [6.45, 7) is 2.68. The van der Waals surface area contributed by atoms with Gasteiger partial charge >= 0.3 is 0 Å². The van der Waals surface area contributed by atoms with Crippen molar-refractivity contribution in [2.24, 2.45) is 0 Å². The van der Waals surface area contributed by atoms with Crippen molar-refractivity contribution in [2.75, 3.05) is 11.9 Å². The highest BCUT2D eigenvalue weighted by atomic mass is 35.5. The summed E-state index contributed by atoms with van der Waals surface area (Å²) >= 11 is 5.88. The predicted octanol–water partition coefficient (Wildman–Crippen LogP) is 5.00. The molecular weight excluding hydrogens is 436 g/mol. The number of hydrogen-bond acceptors (Lipinski definition) is 3. The molecule has 1 aromatic heterocycles. The summed E-state index contributed by atoms with van der Waals surface area (Å²) in [7, 11) is 0. The zero-order chi connectivity index (χ0) is 23.2. The van der Waals surface area contributed by atoms with Gasteiger partial charge in [0.25, 0.3) is 5.91 Å². The Balaban J connectivity index is 1.40. The van der Waals surface area contributed by atoms with E-state index in [1.54, 1.807) is 24.3 Å². The van der Waals surface area contributed by atoms with Gasteiger partial charge in [0.2, 0.25) is 5.91 Å². The van der Waals surface area contributed by atoms with Crippen molar-refractivity contribution in [2.45, 2.75) is 26.3 Å². The van der Waals surface area contributed by atoms with Gasteiger partial charge in [-0.25, -0.2) is 4.98 Å². The van der Waals surface area contributed by atoms with E-state index >= 15 is 0 Å². The first kappa shape index (κ1) is 22.6. The van der Waals surface area contributed by atoms with Crippen LogP contribution in [0.5, 0.6) is 0 Å². The van der Waals surface area contributed by atoms with Crippen LogP contribution in [0.2, 0.25) is 5.02 Å². The average molecular weight is 461 g/mol. The van der Waals surface area contributed by atoms with Crippen molar-refractivity contribution in [3.05, 3.63) is 94.8 Å². The van der Waals surface area contributed by atoms with Crippen LogP contribution in [0.25, 0.3) is 11.0 Å². The number of anilines is 1. The summed E-state index contributed by atoms with van der Waals surface area (Å²) in [4.78, 5) is 29.7. The number of carbonyl (C=O) groups is 2. The molecule has 0 aliphatic rings. The number of nitrogens with zero attached hydrogens (tertiary/aromatic N) is 2. The first-order chi connectivity index (χ1) is 16.0. The van der Waals surface area contributed by atoms with Gasteiger partial charge in [0.1, 0.15) is 12.4 Å². The number of nitrogens with one attached hydrogen (secondary N) is 2. The highest BCUT2D eigenvalue weighted by Crippen LogP contribution is 2.18. The largest absolute Gasteiger partial charge is 0.352 e. The van der Waals surface area contributed by atoms with Crippen molar-refractivity contribution in [3.63, 3.8) is 0 Å². The lowest BCUT2D eigenvalue weighted by atomic mass is 10.2. The van der Waals surface area contributed by atoms with E-state index in [1.807, 2.05) is 60.0 Å². The molecule has 168 valence electrons. The van der Waals surface area contributed by atoms with Gasteiger partial charge in [-0.3, -0.25) is 9.59 Å². The molecule has 0 fully saturated rings. The lowest BCUT2D eigenvalue weighted by molar-refractivity contribution is -0.116. The molecule has 33 heavy (non-hydrogen) atoms. The maximum absolute atomic E-state index is 12.7. The Bertz CT molecular complexity index is 1260. The molecule has 1 heterocycles. The molecule has 2 amide bonds. The first-order valence-electron chi connectivity index (χ1n) is 10.8. The molecule has 0 spiro atoms. The van der Waals surface area contributed by atoms with Crippen LogP contribution < -0.4 is 10.6 Å². The Hall–Kier alpha value is -3.64. The third kappa shape index (κ3) is 5.79. The molecule has 3 aromatic carbocycles. The van der Waals surface area contributed by atoms with E-state index in [9.17, 15) is 9.59 Å². The molecular formula is C26H25ClN4O2. The molecule has 7 heteroatoms. The van der Waals surface area contributed by atoms with E-state index in [0.29, 0.717) is 30.0 Å². The van der Waals surface area contributed by atoms with Crippen molar-refractivity contribution in [1.29, 1.82) is 0 Å². The maximum atomic E-state index is 12.7. The quantitative estimate of drug-likeness (QED) is 0.363. The lowest BCUT2D eigenvalue weighted by Crippen LogP contribution is -2.25. The molecule has 6 nitrogen and oxygen atoms in total. The highest BCUT2D eigenvalue weighted by molar-refractivity contribution is 6.30. The van der Waals surface area contributed by atoms with Gasteiger partial charge < -0.3 is 15.2 Å². The Morgan fingerprint density at radius 2 is 1.70 bits per heavy atom. The standard InChI is InChI=1S/C26H25ClN4O2/c1-18-8-14-21(15-9-18)29-25(32)17-31-23-6-3-2-5-22(23)30-24(31)7-4-16-28-26(33)19-10-12-20(27)13-11-19/h2-3,5-6,8-15H,4,7,16-17H2,1H3,(H,28,33)(H,29,32). The van der Waals surface area contributed by atoms with Gasteiger partial charge in [-0.15, -0.1) is 0 Å². The van der Waals surface area contributed by atoms with Gasteiger partial charge in [0.05, 0.1) is 11.0 Å². The van der Waals surface area contributed by atoms with E-state index in [1.165, 1.54) is 0 Å². The number of hydrogen-bond donors (Lipinski definition) is 2. The van der Waals surface area contributed by atoms with Crippen LogP contribution in [0.3, 0.4) is 0 Å². The number of amides is 2. The van der Waals surface area contributed by atoms with Crippen molar-refractivity contribution < 1.29 is 9.59 Å². The minimum Gasteiger partial charge on any atom is -0.352 e. The van der Waals surface area contributed by atoms with Crippen LogP contribution in [0.1, 0.15) is 28.2 Å². The zero-order valence-corrected chi connectivity index (χ0v) is 19.1. The van der Waals surface area contributed by atoms with Crippen LogP contribution in [0, 0.1) is 6.92 Å². The zero-order valence-electron chi connectivity index (χ0n) is 18.3. The van der Waals surface area contributed by atoms with Crippen molar-refractivity contribution in [1.82, 2.24) is 14.9 Å². The van der Waals surface area contributed by atoms with Crippen molar-refractivity contribution >= 4 is 40.1 Å². The Morgan fingerprint density at radius 3 is 2.45 bits per heavy atom. The number of halogens is 1. The predicted molar refractivity (Wildman–Crippen MR) is 132 cm³/mol. The van der Waals surface area contributed by atoms with Gasteiger partial charge in [-0.1, -0.05) is 41.4 Å². The van der Waals surface area contributed by atoms with Crippen LogP contribution in [-0.2, 0) is 17.8 Å². The van der Waals surface area contributed by atoms with E-state index in [4.69, 9.17) is 16.6 Å². The molecule has 0 radical (unpaired) electrons. The van der Waals surface area contributed by atoms with Gasteiger partial charge in [-0.2, -0.15) is 0 Å². The SMILES string of the molecule is Cc1ccc(NC(=O)Cn2c(CCCNC(=O)c3ccc(Cl)cc3)nc3ccccc32)cc1. The number of fused-ring (bicyclic) bond motifs is 1. The summed E-state index contributed by atoms with van der Waals surface area (Å²) in [5, 5.41) is 6.47. The summed E-state index contributed by atoms with van der Waals surface area (Å²) < 4.78 is 1.94. The van der Waals surface area contributed by atoms with E-state index in [-0.39, 0.29) is 18.4 Å². The second-order valence-electron chi connectivity index (χ2n) is 7.88. The monoisotopic (exact) mass is 460 g/mol. The molecule has 0 unspecified atom stereocenters.